The van der Waals surface area contributed by atoms with E-state index in [1.165, 1.54) is 4.90 Å². The van der Waals surface area contributed by atoms with Gasteiger partial charge in [-0.1, -0.05) is 30.3 Å². The lowest BCUT2D eigenvalue weighted by Crippen LogP contribution is -2.54. The predicted molar refractivity (Wildman–Crippen MR) is 75.1 cm³/mol. The summed E-state index contributed by atoms with van der Waals surface area (Å²) >= 11 is 0. The first-order valence-corrected chi connectivity index (χ1v) is 6.92. The van der Waals surface area contributed by atoms with Crippen LogP contribution in [0.3, 0.4) is 0 Å². The van der Waals surface area contributed by atoms with Crippen LogP contribution < -0.4 is 5.73 Å². The molecule has 1 aliphatic heterocycles. The van der Waals surface area contributed by atoms with Crippen LogP contribution >= 0.6 is 0 Å². The summed E-state index contributed by atoms with van der Waals surface area (Å²) in [5.41, 5.74) is 6.94. The lowest BCUT2D eigenvalue weighted by Gasteiger charge is -2.34. The molecule has 0 aliphatic carbocycles. The fraction of sp³-hybridized carbons (Fsp3) is 0.467. The van der Waals surface area contributed by atoms with Crippen molar-refractivity contribution in [3.8, 4) is 0 Å². The summed E-state index contributed by atoms with van der Waals surface area (Å²) in [6.45, 7) is 0.484. The highest BCUT2D eigenvalue weighted by molar-refractivity contribution is 5.87. The summed E-state index contributed by atoms with van der Waals surface area (Å²) in [7, 11) is 0. The van der Waals surface area contributed by atoms with Gasteiger partial charge in [-0.15, -0.1) is 0 Å². The molecule has 5 heteroatoms. The van der Waals surface area contributed by atoms with Gasteiger partial charge < -0.3 is 15.7 Å². The number of hydrogen-bond acceptors (Lipinski definition) is 3. The highest BCUT2D eigenvalue weighted by Gasteiger charge is 2.34. The van der Waals surface area contributed by atoms with Crippen LogP contribution in [-0.4, -0.2) is 40.5 Å². The molecule has 0 aromatic heterocycles. The largest absolute Gasteiger partial charge is 0.480 e. The van der Waals surface area contributed by atoms with Crippen LogP contribution in [0.2, 0.25) is 0 Å². The van der Waals surface area contributed by atoms with Gasteiger partial charge >= 0.3 is 5.97 Å². The number of benzene rings is 1. The van der Waals surface area contributed by atoms with Crippen molar-refractivity contribution >= 4 is 11.9 Å². The van der Waals surface area contributed by atoms with E-state index in [9.17, 15) is 14.7 Å². The smallest absolute Gasteiger partial charge is 0.326 e. The Bertz CT molecular complexity index is 475. The lowest BCUT2D eigenvalue weighted by atomic mass is 9.99. The van der Waals surface area contributed by atoms with Crippen molar-refractivity contribution in [1.29, 1.82) is 0 Å². The molecule has 1 aromatic carbocycles. The Labute approximate surface area is 118 Å². The SMILES string of the molecule is N[C@H](Cc1ccccc1)C(=O)N1CCCCC1C(=O)O. The molecule has 5 nitrogen and oxygen atoms in total. The first kappa shape index (κ1) is 14.5. The van der Waals surface area contributed by atoms with Crippen molar-refractivity contribution in [2.75, 3.05) is 6.54 Å². The minimum atomic E-state index is -0.940. The van der Waals surface area contributed by atoms with Crippen molar-refractivity contribution in [1.82, 2.24) is 4.90 Å². The summed E-state index contributed by atoms with van der Waals surface area (Å²) in [4.78, 5) is 25.0. The maximum atomic E-state index is 12.4. The number of nitrogens with zero attached hydrogens (tertiary/aromatic N) is 1. The van der Waals surface area contributed by atoms with Gasteiger partial charge in [0, 0.05) is 6.54 Å². The van der Waals surface area contributed by atoms with Crippen molar-refractivity contribution in [3.05, 3.63) is 35.9 Å². The second kappa shape index (κ2) is 6.52. The number of rotatable bonds is 4. The predicted octanol–water partition coefficient (Wildman–Crippen LogP) is 1.02. The average Bonchev–Trinajstić information content (AvgIpc) is 2.47. The van der Waals surface area contributed by atoms with Crippen LogP contribution in [0.4, 0.5) is 0 Å². The number of nitrogens with two attached hydrogens (primary N) is 1. The van der Waals surface area contributed by atoms with Gasteiger partial charge in [0.15, 0.2) is 0 Å². The monoisotopic (exact) mass is 276 g/mol. The van der Waals surface area contributed by atoms with Crippen LogP contribution in [0.5, 0.6) is 0 Å². The maximum Gasteiger partial charge on any atom is 0.326 e. The summed E-state index contributed by atoms with van der Waals surface area (Å²) in [5, 5.41) is 9.19. The van der Waals surface area contributed by atoms with Gasteiger partial charge in [-0.05, 0) is 31.2 Å². The molecule has 20 heavy (non-hydrogen) atoms. The summed E-state index contributed by atoms with van der Waals surface area (Å²) in [6, 6.07) is 8.12. The van der Waals surface area contributed by atoms with Crippen LogP contribution in [0.25, 0.3) is 0 Å². The highest BCUT2D eigenvalue weighted by Crippen LogP contribution is 2.18. The van der Waals surface area contributed by atoms with E-state index < -0.39 is 18.1 Å². The molecular formula is C15H20N2O3. The molecule has 0 spiro atoms. The standard InChI is InChI=1S/C15H20N2O3/c16-12(10-11-6-2-1-3-7-11)14(18)17-9-5-4-8-13(17)15(19)20/h1-3,6-7,12-13H,4-5,8-10,16H2,(H,19,20)/t12-,13?/m1/s1. The summed E-state index contributed by atoms with van der Waals surface area (Å²) < 4.78 is 0. The van der Waals surface area contributed by atoms with E-state index >= 15 is 0 Å². The van der Waals surface area contributed by atoms with Crippen molar-refractivity contribution in [2.45, 2.75) is 37.8 Å². The minimum Gasteiger partial charge on any atom is -0.480 e. The van der Waals surface area contributed by atoms with Crippen LogP contribution in [-0.2, 0) is 16.0 Å². The van der Waals surface area contributed by atoms with E-state index in [2.05, 4.69) is 0 Å². The number of aliphatic carboxylic acids is 1. The summed E-state index contributed by atoms with van der Waals surface area (Å²) in [6.07, 6.45) is 2.63. The zero-order valence-corrected chi connectivity index (χ0v) is 11.4. The third-order valence-corrected chi connectivity index (χ3v) is 3.69. The molecule has 2 rings (SSSR count). The molecule has 1 saturated heterocycles. The zero-order valence-electron chi connectivity index (χ0n) is 11.4. The topological polar surface area (TPSA) is 83.6 Å². The molecule has 0 saturated carbocycles. The number of carboxylic acid groups (broad SMARTS) is 1. The Hall–Kier alpha value is -1.88. The second-order valence-electron chi connectivity index (χ2n) is 5.18. The third-order valence-electron chi connectivity index (χ3n) is 3.69. The number of likely N-dealkylation sites (tertiary alicyclic amines) is 1. The molecule has 1 aromatic rings. The first-order chi connectivity index (χ1) is 9.59. The van der Waals surface area contributed by atoms with E-state index in [4.69, 9.17) is 5.73 Å². The molecule has 2 atom stereocenters. The van der Waals surface area contributed by atoms with Crippen molar-refractivity contribution < 1.29 is 14.7 Å². The quantitative estimate of drug-likeness (QED) is 0.860. The van der Waals surface area contributed by atoms with E-state index in [0.29, 0.717) is 19.4 Å². The molecule has 1 heterocycles. The van der Waals surface area contributed by atoms with E-state index in [-0.39, 0.29) is 5.91 Å². The van der Waals surface area contributed by atoms with Gasteiger partial charge in [0.25, 0.3) is 0 Å². The summed E-state index contributed by atoms with van der Waals surface area (Å²) in [5.74, 6) is -1.20. The fourth-order valence-corrected chi connectivity index (χ4v) is 2.62. The van der Waals surface area contributed by atoms with E-state index in [1.807, 2.05) is 30.3 Å². The molecule has 3 N–H and O–H groups in total. The first-order valence-electron chi connectivity index (χ1n) is 6.92. The second-order valence-corrected chi connectivity index (χ2v) is 5.18. The lowest BCUT2D eigenvalue weighted by molar-refractivity contribution is -0.152. The molecule has 1 amide bonds. The minimum absolute atomic E-state index is 0.263. The van der Waals surface area contributed by atoms with Gasteiger partial charge in [0.1, 0.15) is 6.04 Å². The van der Waals surface area contributed by atoms with E-state index in [0.717, 1.165) is 18.4 Å². The Morgan fingerprint density at radius 1 is 1.30 bits per heavy atom. The Morgan fingerprint density at radius 2 is 2.00 bits per heavy atom. The highest BCUT2D eigenvalue weighted by atomic mass is 16.4. The molecule has 1 unspecified atom stereocenters. The molecule has 108 valence electrons. The number of carbonyl (C=O) groups excluding carboxylic acids is 1. The Morgan fingerprint density at radius 3 is 2.65 bits per heavy atom. The van der Waals surface area contributed by atoms with E-state index in [1.54, 1.807) is 0 Å². The normalized spacial score (nSPS) is 20.4. The van der Waals surface area contributed by atoms with Gasteiger partial charge in [-0.25, -0.2) is 4.79 Å². The molecular weight excluding hydrogens is 256 g/mol. The van der Waals surface area contributed by atoms with Crippen LogP contribution in [0, 0.1) is 0 Å². The Kier molecular flexibility index (Phi) is 4.74. The number of hydrogen-bond donors (Lipinski definition) is 2. The molecule has 1 fully saturated rings. The number of amides is 1. The number of piperidine rings is 1. The maximum absolute atomic E-state index is 12.4. The zero-order chi connectivity index (χ0) is 14.5. The van der Waals surface area contributed by atoms with Gasteiger partial charge in [0.05, 0.1) is 6.04 Å². The number of carboxylic acids is 1. The number of carbonyl (C=O) groups is 2. The Balaban J connectivity index is 2.03. The molecule has 0 bridgehead atoms. The van der Waals surface area contributed by atoms with Gasteiger partial charge in [-0.3, -0.25) is 4.79 Å². The molecule has 1 aliphatic rings. The third kappa shape index (κ3) is 3.36. The van der Waals surface area contributed by atoms with Crippen molar-refractivity contribution in [3.63, 3.8) is 0 Å². The van der Waals surface area contributed by atoms with Crippen LogP contribution in [0.15, 0.2) is 30.3 Å². The van der Waals surface area contributed by atoms with Gasteiger partial charge in [-0.2, -0.15) is 0 Å². The van der Waals surface area contributed by atoms with Crippen LogP contribution in [0.1, 0.15) is 24.8 Å². The average molecular weight is 276 g/mol. The fourth-order valence-electron chi connectivity index (χ4n) is 2.62. The van der Waals surface area contributed by atoms with Gasteiger partial charge in [0.2, 0.25) is 5.91 Å². The van der Waals surface area contributed by atoms with Crippen molar-refractivity contribution in [2.24, 2.45) is 5.73 Å². The molecule has 0 radical (unpaired) electrons.